The Labute approximate surface area is 405 Å². The summed E-state index contributed by atoms with van der Waals surface area (Å²) in [6.45, 7) is 4.92. The van der Waals surface area contributed by atoms with Crippen molar-refractivity contribution in [2.24, 2.45) is 0 Å². The lowest BCUT2D eigenvalue weighted by Crippen LogP contribution is -2.45. The highest BCUT2D eigenvalue weighted by Gasteiger charge is 2.20. The van der Waals surface area contributed by atoms with Crippen molar-refractivity contribution in [3.63, 3.8) is 0 Å². The van der Waals surface area contributed by atoms with E-state index in [1.807, 2.05) is 0 Å². The van der Waals surface area contributed by atoms with Crippen molar-refractivity contribution in [1.82, 2.24) is 5.32 Å². The van der Waals surface area contributed by atoms with E-state index in [0.29, 0.717) is 25.9 Å². The highest BCUT2D eigenvalue weighted by Crippen LogP contribution is 2.17. The van der Waals surface area contributed by atoms with Crippen molar-refractivity contribution in [1.29, 1.82) is 0 Å². The smallest absolute Gasteiger partial charge is 0.305 e. The Morgan fingerprint density at radius 3 is 1.20 bits per heavy atom. The van der Waals surface area contributed by atoms with Gasteiger partial charge in [0.25, 0.3) is 0 Å². The highest BCUT2D eigenvalue weighted by atomic mass is 16.5. The van der Waals surface area contributed by atoms with Gasteiger partial charge in [-0.2, -0.15) is 0 Å². The summed E-state index contributed by atoms with van der Waals surface area (Å²) in [4.78, 5) is 24.5. The lowest BCUT2D eigenvalue weighted by Gasteiger charge is -2.22. The molecule has 0 aromatic heterocycles. The summed E-state index contributed by atoms with van der Waals surface area (Å²) in [5.41, 5.74) is 0. The quantitative estimate of drug-likeness (QED) is 0.0321. The first-order chi connectivity index (χ1) is 32.0. The lowest BCUT2D eigenvalue weighted by molar-refractivity contribution is -0.143. The number of carbonyl (C=O) groups is 2. The number of aliphatic hydroxyl groups is 2. The zero-order chi connectivity index (χ0) is 47.2. The standard InChI is InChI=1S/C59H113NO5/c1-3-5-7-9-11-13-15-16-17-18-19-23-26-29-33-37-41-45-49-53-59(64)65-54-50-46-42-38-34-30-27-24-21-20-22-25-28-32-36-40-44-48-52-58(63)60-56(55-61)57(62)51-47-43-39-35-31-14-12-10-8-6-4-2/h11,13,16-17,56-57,61-62H,3-10,12,14-15,18-55H2,1-2H3,(H,60,63)/b13-11-,17-16-. The lowest BCUT2D eigenvalue weighted by atomic mass is 10.0. The van der Waals surface area contributed by atoms with Crippen LogP contribution in [0, 0.1) is 0 Å². The number of amides is 1. The molecule has 3 N–H and O–H groups in total. The second kappa shape index (κ2) is 54.9. The van der Waals surface area contributed by atoms with Crippen molar-refractivity contribution in [2.75, 3.05) is 13.2 Å². The molecule has 0 bridgehead atoms. The normalized spacial score (nSPS) is 12.7. The van der Waals surface area contributed by atoms with Gasteiger partial charge < -0.3 is 20.3 Å². The maximum Gasteiger partial charge on any atom is 0.305 e. The van der Waals surface area contributed by atoms with E-state index in [1.165, 1.54) is 231 Å². The summed E-state index contributed by atoms with van der Waals surface area (Å²) in [6, 6.07) is -0.543. The number of carbonyl (C=O) groups excluding carboxylic acids is 2. The minimum Gasteiger partial charge on any atom is -0.466 e. The number of esters is 1. The predicted molar refractivity (Wildman–Crippen MR) is 283 cm³/mol. The minimum atomic E-state index is -0.665. The van der Waals surface area contributed by atoms with Gasteiger partial charge in [0, 0.05) is 12.8 Å². The number of allylic oxidation sites excluding steroid dienone is 4. The summed E-state index contributed by atoms with van der Waals surface area (Å²) in [6.07, 6.45) is 66.0. The molecule has 0 fully saturated rings. The van der Waals surface area contributed by atoms with Gasteiger partial charge in [-0.05, 0) is 57.8 Å². The van der Waals surface area contributed by atoms with Gasteiger partial charge in [-0.3, -0.25) is 9.59 Å². The van der Waals surface area contributed by atoms with Crippen LogP contribution in [0.15, 0.2) is 24.3 Å². The summed E-state index contributed by atoms with van der Waals surface area (Å²) in [5, 5.41) is 23.2. The first kappa shape index (κ1) is 63.3. The Balaban J connectivity index is 3.37. The number of aliphatic hydroxyl groups excluding tert-OH is 2. The topological polar surface area (TPSA) is 95.9 Å². The minimum absolute atomic E-state index is 0.00369. The van der Waals surface area contributed by atoms with E-state index in [2.05, 4.69) is 43.5 Å². The maximum absolute atomic E-state index is 12.4. The van der Waals surface area contributed by atoms with Crippen molar-refractivity contribution >= 4 is 11.9 Å². The molecule has 65 heavy (non-hydrogen) atoms. The van der Waals surface area contributed by atoms with Gasteiger partial charge in [0.1, 0.15) is 0 Å². The molecule has 0 saturated carbocycles. The molecule has 0 saturated heterocycles. The van der Waals surface area contributed by atoms with Gasteiger partial charge >= 0.3 is 5.97 Å². The molecule has 0 rings (SSSR count). The molecule has 0 heterocycles. The van der Waals surface area contributed by atoms with Crippen LogP contribution in [0.1, 0.15) is 316 Å². The molecule has 2 unspecified atom stereocenters. The van der Waals surface area contributed by atoms with Gasteiger partial charge in [-0.1, -0.05) is 269 Å². The summed E-state index contributed by atoms with van der Waals surface area (Å²) in [5.74, 6) is -0.0357. The first-order valence-corrected chi connectivity index (χ1v) is 29.1. The largest absolute Gasteiger partial charge is 0.466 e. The number of ether oxygens (including phenoxy) is 1. The Kier molecular flexibility index (Phi) is 53.5. The summed E-state index contributed by atoms with van der Waals surface area (Å²) in [7, 11) is 0. The van der Waals surface area contributed by atoms with Crippen LogP contribution in [0.4, 0.5) is 0 Å². The molecule has 0 aliphatic rings. The van der Waals surface area contributed by atoms with E-state index in [0.717, 1.165) is 51.4 Å². The predicted octanol–water partition coefficient (Wildman–Crippen LogP) is 17.9. The average Bonchev–Trinajstić information content (AvgIpc) is 3.31. The SMILES string of the molecule is CCCCC/C=C\C/C=C\CCCCCCCCCCCC(=O)OCCCCCCCCCCCCCCCCCCCCC(=O)NC(CO)C(O)CCCCCCCCCCCCC. The molecule has 384 valence electrons. The number of hydrogen-bond acceptors (Lipinski definition) is 5. The zero-order valence-electron chi connectivity index (χ0n) is 43.7. The maximum atomic E-state index is 12.4. The van der Waals surface area contributed by atoms with Crippen molar-refractivity contribution in [3.8, 4) is 0 Å². The molecule has 6 nitrogen and oxygen atoms in total. The Bertz CT molecular complexity index is 1010. The van der Waals surface area contributed by atoms with E-state index in [1.54, 1.807) is 0 Å². The van der Waals surface area contributed by atoms with Crippen LogP contribution in [-0.2, 0) is 14.3 Å². The molecule has 0 aliphatic carbocycles. The van der Waals surface area contributed by atoms with Crippen LogP contribution in [0.3, 0.4) is 0 Å². The first-order valence-electron chi connectivity index (χ1n) is 29.1. The van der Waals surface area contributed by atoms with Gasteiger partial charge in [0.05, 0.1) is 25.4 Å². The van der Waals surface area contributed by atoms with E-state index in [9.17, 15) is 19.8 Å². The number of unbranched alkanes of at least 4 members (excludes halogenated alkanes) is 39. The molecular weight excluding hydrogens is 803 g/mol. The molecule has 0 radical (unpaired) electrons. The molecule has 1 amide bonds. The Morgan fingerprint density at radius 2 is 0.769 bits per heavy atom. The number of nitrogens with one attached hydrogen (secondary N) is 1. The second-order valence-corrected chi connectivity index (χ2v) is 20.0. The average molecular weight is 917 g/mol. The van der Waals surface area contributed by atoms with Crippen molar-refractivity contribution in [3.05, 3.63) is 24.3 Å². The summed E-state index contributed by atoms with van der Waals surface area (Å²) < 4.78 is 5.49. The molecule has 0 spiro atoms. The fraction of sp³-hybridized carbons (Fsp3) is 0.898. The monoisotopic (exact) mass is 916 g/mol. The molecule has 6 heteroatoms. The fourth-order valence-electron chi connectivity index (χ4n) is 9.02. The van der Waals surface area contributed by atoms with Crippen LogP contribution in [-0.4, -0.2) is 47.4 Å². The zero-order valence-corrected chi connectivity index (χ0v) is 43.7. The van der Waals surface area contributed by atoms with Crippen LogP contribution >= 0.6 is 0 Å². The third kappa shape index (κ3) is 51.6. The van der Waals surface area contributed by atoms with Crippen molar-refractivity contribution in [2.45, 2.75) is 328 Å². The molecule has 0 aromatic rings. The van der Waals surface area contributed by atoms with Gasteiger partial charge in [0.2, 0.25) is 5.91 Å². The number of hydrogen-bond donors (Lipinski definition) is 3. The third-order valence-electron chi connectivity index (χ3n) is 13.5. The van der Waals surface area contributed by atoms with Crippen LogP contribution in [0.2, 0.25) is 0 Å². The summed E-state index contributed by atoms with van der Waals surface area (Å²) >= 11 is 0. The highest BCUT2D eigenvalue weighted by molar-refractivity contribution is 5.76. The van der Waals surface area contributed by atoms with Crippen LogP contribution < -0.4 is 5.32 Å². The Hall–Kier alpha value is -1.66. The van der Waals surface area contributed by atoms with Gasteiger partial charge in [-0.25, -0.2) is 0 Å². The second-order valence-electron chi connectivity index (χ2n) is 20.0. The van der Waals surface area contributed by atoms with Crippen LogP contribution in [0.5, 0.6) is 0 Å². The number of rotatable bonds is 54. The molecule has 2 atom stereocenters. The third-order valence-corrected chi connectivity index (χ3v) is 13.5. The van der Waals surface area contributed by atoms with Gasteiger partial charge in [0.15, 0.2) is 0 Å². The van der Waals surface area contributed by atoms with E-state index in [-0.39, 0.29) is 18.5 Å². The van der Waals surface area contributed by atoms with Gasteiger partial charge in [-0.15, -0.1) is 0 Å². The molecule has 0 aromatic carbocycles. The molecular formula is C59H113NO5. The van der Waals surface area contributed by atoms with E-state index in [4.69, 9.17) is 4.74 Å². The van der Waals surface area contributed by atoms with Crippen molar-refractivity contribution < 1.29 is 24.5 Å². The Morgan fingerprint density at radius 1 is 0.431 bits per heavy atom. The van der Waals surface area contributed by atoms with Crippen LogP contribution in [0.25, 0.3) is 0 Å². The van der Waals surface area contributed by atoms with E-state index < -0.39 is 12.1 Å². The fourth-order valence-corrected chi connectivity index (χ4v) is 9.02. The van der Waals surface area contributed by atoms with E-state index >= 15 is 0 Å². The molecule has 0 aliphatic heterocycles.